The number of amides is 1. The molecular formula is C13H17ClF2N2O2. The molecule has 0 aromatic heterocycles. The van der Waals surface area contributed by atoms with Gasteiger partial charge in [0.15, 0.2) is 0 Å². The van der Waals surface area contributed by atoms with Crippen LogP contribution in [-0.2, 0) is 0 Å². The third-order valence-electron chi connectivity index (χ3n) is 2.36. The summed E-state index contributed by atoms with van der Waals surface area (Å²) < 4.78 is 31.5. The number of benzene rings is 1. The van der Waals surface area contributed by atoms with Crippen molar-refractivity contribution in [2.75, 3.05) is 13.1 Å². The van der Waals surface area contributed by atoms with Crippen LogP contribution in [0.2, 0.25) is 5.02 Å². The molecule has 0 radical (unpaired) electrons. The molecule has 0 bridgehead atoms. The summed E-state index contributed by atoms with van der Waals surface area (Å²) in [5, 5.41) is 2.44. The molecule has 1 amide bonds. The van der Waals surface area contributed by atoms with Crippen LogP contribution in [0.5, 0.6) is 5.75 Å². The Labute approximate surface area is 121 Å². The molecule has 0 spiro atoms. The second kappa shape index (κ2) is 6.85. The quantitative estimate of drug-likeness (QED) is 0.848. The third-order valence-corrected chi connectivity index (χ3v) is 2.59. The standard InChI is InChI=1S/C13H17ClF2N2O2/c1-8(2)20-11-4-3-9(14)5-10(11)12(19)18-7-13(15,16)6-17/h3-5,8H,6-7,17H2,1-2H3,(H,18,19). The minimum atomic E-state index is -3.15. The minimum Gasteiger partial charge on any atom is -0.490 e. The number of rotatable bonds is 6. The summed E-state index contributed by atoms with van der Waals surface area (Å²) in [6.45, 7) is 1.91. The van der Waals surface area contributed by atoms with Crippen LogP contribution in [0.1, 0.15) is 24.2 Å². The third kappa shape index (κ3) is 4.94. The second-order valence-electron chi connectivity index (χ2n) is 4.55. The number of nitrogens with two attached hydrogens (primary N) is 1. The molecule has 20 heavy (non-hydrogen) atoms. The summed E-state index contributed by atoms with van der Waals surface area (Å²) in [7, 11) is 0. The topological polar surface area (TPSA) is 64.3 Å². The van der Waals surface area contributed by atoms with Crippen LogP contribution >= 0.6 is 11.6 Å². The lowest BCUT2D eigenvalue weighted by molar-refractivity contribution is 0.0118. The van der Waals surface area contributed by atoms with Crippen LogP contribution in [0.4, 0.5) is 8.78 Å². The molecule has 0 fully saturated rings. The molecule has 0 aliphatic rings. The number of ether oxygens (including phenoxy) is 1. The van der Waals surface area contributed by atoms with Crippen molar-refractivity contribution in [1.29, 1.82) is 0 Å². The summed E-state index contributed by atoms with van der Waals surface area (Å²) in [6.07, 6.45) is -0.159. The SMILES string of the molecule is CC(C)Oc1ccc(Cl)cc1C(=O)NCC(F)(F)CN. The van der Waals surface area contributed by atoms with Crippen molar-refractivity contribution in [3.8, 4) is 5.75 Å². The van der Waals surface area contributed by atoms with Crippen LogP contribution in [0, 0.1) is 0 Å². The van der Waals surface area contributed by atoms with E-state index in [2.05, 4.69) is 5.32 Å². The fourth-order valence-electron chi connectivity index (χ4n) is 1.41. The summed E-state index contributed by atoms with van der Waals surface area (Å²) in [5.41, 5.74) is 5.01. The van der Waals surface area contributed by atoms with E-state index >= 15 is 0 Å². The van der Waals surface area contributed by atoms with Gasteiger partial charge in [-0.15, -0.1) is 0 Å². The molecule has 1 aromatic carbocycles. The highest BCUT2D eigenvalue weighted by molar-refractivity contribution is 6.31. The van der Waals surface area contributed by atoms with Crippen molar-refractivity contribution in [1.82, 2.24) is 5.32 Å². The van der Waals surface area contributed by atoms with Gasteiger partial charge in [0.25, 0.3) is 11.8 Å². The first kappa shape index (κ1) is 16.7. The number of carbonyl (C=O) groups excluding carboxylic acids is 1. The van der Waals surface area contributed by atoms with Crippen molar-refractivity contribution >= 4 is 17.5 Å². The van der Waals surface area contributed by atoms with Gasteiger partial charge < -0.3 is 15.8 Å². The van der Waals surface area contributed by atoms with Crippen molar-refractivity contribution in [2.24, 2.45) is 5.73 Å². The highest BCUT2D eigenvalue weighted by Gasteiger charge is 2.28. The average Bonchev–Trinajstić information content (AvgIpc) is 2.37. The maximum absolute atomic E-state index is 13.0. The van der Waals surface area contributed by atoms with Crippen molar-refractivity contribution in [2.45, 2.75) is 25.9 Å². The number of hydrogen-bond acceptors (Lipinski definition) is 3. The van der Waals surface area contributed by atoms with E-state index in [0.717, 1.165) is 0 Å². The zero-order valence-corrected chi connectivity index (χ0v) is 12.0. The Hall–Kier alpha value is -1.40. The molecule has 4 nitrogen and oxygen atoms in total. The Morgan fingerprint density at radius 3 is 2.70 bits per heavy atom. The van der Waals surface area contributed by atoms with Gasteiger partial charge in [-0.05, 0) is 32.0 Å². The Morgan fingerprint density at radius 1 is 1.50 bits per heavy atom. The maximum Gasteiger partial charge on any atom is 0.277 e. The molecule has 0 saturated carbocycles. The molecule has 0 saturated heterocycles. The molecule has 1 aromatic rings. The predicted molar refractivity (Wildman–Crippen MR) is 73.6 cm³/mol. The largest absolute Gasteiger partial charge is 0.490 e. The first-order chi connectivity index (χ1) is 9.25. The lowest BCUT2D eigenvalue weighted by Crippen LogP contribution is -2.41. The van der Waals surface area contributed by atoms with Gasteiger partial charge in [-0.1, -0.05) is 11.6 Å². The van der Waals surface area contributed by atoms with E-state index in [9.17, 15) is 13.6 Å². The zero-order valence-electron chi connectivity index (χ0n) is 11.3. The smallest absolute Gasteiger partial charge is 0.277 e. The summed E-state index contributed by atoms with van der Waals surface area (Å²) in [4.78, 5) is 11.9. The van der Waals surface area contributed by atoms with Gasteiger partial charge in [0.1, 0.15) is 5.75 Å². The first-order valence-electron chi connectivity index (χ1n) is 6.07. The van der Waals surface area contributed by atoms with E-state index in [4.69, 9.17) is 22.1 Å². The Kier molecular flexibility index (Phi) is 5.71. The number of alkyl halides is 2. The van der Waals surface area contributed by atoms with E-state index in [-0.39, 0.29) is 17.4 Å². The van der Waals surface area contributed by atoms with E-state index in [0.29, 0.717) is 5.02 Å². The number of nitrogens with one attached hydrogen (secondary N) is 1. The number of carbonyl (C=O) groups is 1. The van der Waals surface area contributed by atoms with Gasteiger partial charge >= 0.3 is 0 Å². The first-order valence-corrected chi connectivity index (χ1v) is 6.45. The van der Waals surface area contributed by atoms with E-state index in [1.54, 1.807) is 19.9 Å². The molecule has 3 N–H and O–H groups in total. The van der Waals surface area contributed by atoms with Gasteiger partial charge in [-0.3, -0.25) is 4.79 Å². The summed E-state index contributed by atoms with van der Waals surface area (Å²) >= 11 is 5.81. The lowest BCUT2D eigenvalue weighted by atomic mass is 10.1. The second-order valence-corrected chi connectivity index (χ2v) is 4.99. The van der Waals surface area contributed by atoms with Crippen molar-refractivity contribution < 1.29 is 18.3 Å². The fraction of sp³-hybridized carbons (Fsp3) is 0.462. The van der Waals surface area contributed by atoms with Crippen LogP contribution in [0.3, 0.4) is 0 Å². The van der Waals surface area contributed by atoms with Gasteiger partial charge in [-0.25, -0.2) is 8.78 Å². The molecule has 1 rings (SSSR count). The van der Waals surface area contributed by atoms with Gasteiger partial charge in [0.2, 0.25) is 0 Å². The number of hydrogen-bond donors (Lipinski definition) is 2. The Morgan fingerprint density at radius 2 is 2.15 bits per heavy atom. The fourth-order valence-corrected chi connectivity index (χ4v) is 1.59. The highest BCUT2D eigenvalue weighted by Crippen LogP contribution is 2.24. The van der Waals surface area contributed by atoms with Crippen LogP contribution in [-0.4, -0.2) is 31.0 Å². The predicted octanol–water partition coefficient (Wildman–Crippen LogP) is 2.45. The molecule has 0 unspecified atom stereocenters. The minimum absolute atomic E-state index is 0.110. The molecule has 0 atom stereocenters. The van der Waals surface area contributed by atoms with E-state index < -0.39 is 24.9 Å². The van der Waals surface area contributed by atoms with Crippen molar-refractivity contribution in [3.05, 3.63) is 28.8 Å². The molecule has 0 aliphatic carbocycles. The lowest BCUT2D eigenvalue weighted by Gasteiger charge is -2.17. The van der Waals surface area contributed by atoms with Gasteiger partial charge in [0.05, 0.1) is 24.8 Å². The molecule has 0 heterocycles. The van der Waals surface area contributed by atoms with E-state index in [1.807, 2.05) is 0 Å². The van der Waals surface area contributed by atoms with Crippen LogP contribution < -0.4 is 15.8 Å². The summed E-state index contributed by atoms with van der Waals surface area (Å²) in [5.74, 6) is -3.54. The van der Waals surface area contributed by atoms with Gasteiger partial charge in [0, 0.05) is 5.02 Å². The Bertz CT molecular complexity index is 481. The summed E-state index contributed by atoms with van der Waals surface area (Å²) in [6, 6.07) is 4.46. The monoisotopic (exact) mass is 306 g/mol. The highest BCUT2D eigenvalue weighted by atomic mass is 35.5. The van der Waals surface area contributed by atoms with Crippen LogP contribution in [0.15, 0.2) is 18.2 Å². The normalized spacial score (nSPS) is 11.6. The zero-order chi connectivity index (χ0) is 15.3. The van der Waals surface area contributed by atoms with Crippen molar-refractivity contribution in [3.63, 3.8) is 0 Å². The Balaban J connectivity index is 2.88. The average molecular weight is 307 g/mol. The van der Waals surface area contributed by atoms with Crippen LogP contribution in [0.25, 0.3) is 0 Å². The number of halogens is 3. The molecular weight excluding hydrogens is 290 g/mol. The molecule has 112 valence electrons. The maximum atomic E-state index is 13.0. The molecule has 7 heteroatoms. The molecule has 0 aliphatic heterocycles. The van der Waals surface area contributed by atoms with Gasteiger partial charge in [-0.2, -0.15) is 0 Å². The van der Waals surface area contributed by atoms with E-state index in [1.165, 1.54) is 12.1 Å².